The summed E-state index contributed by atoms with van der Waals surface area (Å²) in [5.74, 6) is -0.330. The van der Waals surface area contributed by atoms with Crippen LogP contribution in [0.1, 0.15) is 25.7 Å². The third kappa shape index (κ3) is 2.25. The van der Waals surface area contributed by atoms with E-state index in [0.29, 0.717) is 0 Å². The Morgan fingerprint density at radius 2 is 1.93 bits per heavy atom. The first-order valence-corrected chi connectivity index (χ1v) is 5.94. The van der Waals surface area contributed by atoms with Crippen LogP contribution in [0.3, 0.4) is 0 Å². The van der Waals surface area contributed by atoms with Crippen molar-refractivity contribution in [3.05, 3.63) is 12.7 Å². The van der Waals surface area contributed by atoms with Crippen molar-refractivity contribution in [1.82, 2.24) is 0 Å². The van der Waals surface area contributed by atoms with E-state index in [1.54, 1.807) is 6.08 Å². The summed E-state index contributed by atoms with van der Waals surface area (Å²) in [7, 11) is 0. The van der Waals surface area contributed by atoms with E-state index in [9.17, 15) is 14.4 Å². The number of carbonyl (C=O) groups excluding carboxylic acids is 3. The van der Waals surface area contributed by atoms with Gasteiger partial charge >= 0.3 is 0 Å². The van der Waals surface area contributed by atoms with Crippen LogP contribution in [0.5, 0.6) is 0 Å². The van der Waals surface area contributed by atoms with Crippen LogP contribution in [0.4, 0.5) is 0 Å². The summed E-state index contributed by atoms with van der Waals surface area (Å²) in [5.41, 5.74) is -1.09. The molecule has 0 radical (unpaired) electrons. The zero-order valence-corrected chi connectivity index (χ0v) is 10.0. The summed E-state index contributed by atoms with van der Waals surface area (Å²) in [6, 6.07) is 0. The van der Waals surface area contributed by atoms with Crippen molar-refractivity contribution in [3.8, 4) is 0 Å². The molecule has 0 N–H and O–H groups in total. The molecule has 1 aliphatic carbocycles. The minimum Gasteiger partial charge on any atom is -0.299 e. The molecule has 0 amide bonds. The van der Waals surface area contributed by atoms with Gasteiger partial charge in [-0.3, -0.25) is 14.4 Å². The van der Waals surface area contributed by atoms with E-state index < -0.39 is 5.41 Å². The number of hydrogen-bond acceptors (Lipinski definition) is 3. The maximum Gasteiger partial charge on any atom is 0.147 e. The van der Waals surface area contributed by atoms with Gasteiger partial charge in [0.15, 0.2) is 0 Å². The molecule has 0 aromatic carbocycles. The predicted molar refractivity (Wildman–Crippen MR) is 59.9 cm³/mol. The zero-order chi connectivity index (χ0) is 11.5. The second-order valence-electron chi connectivity index (χ2n) is 3.77. The van der Waals surface area contributed by atoms with Crippen molar-refractivity contribution in [1.29, 1.82) is 0 Å². The Balaban J connectivity index is 2.96. The smallest absolute Gasteiger partial charge is 0.147 e. The van der Waals surface area contributed by atoms with Crippen LogP contribution >= 0.6 is 15.9 Å². The number of allylic oxidation sites excluding steroid dienone is 1. The third-order valence-electron chi connectivity index (χ3n) is 2.79. The molecular weight excluding hydrogens is 260 g/mol. The maximum absolute atomic E-state index is 11.7. The molecule has 0 spiro atoms. The summed E-state index contributed by atoms with van der Waals surface area (Å²) >= 11 is 3.04. The highest BCUT2D eigenvalue weighted by Gasteiger charge is 2.49. The SMILES string of the molecule is C=CCC1(CC(=O)CBr)C(=O)CCC1=O. The normalized spacial score (nSPS) is 19.3. The number of carbonyl (C=O) groups is 3. The van der Waals surface area contributed by atoms with E-state index in [2.05, 4.69) is 22.5 Å². The highest BCUT2D eigenvalue weighted by atomic mass is 79.9. The highest BCUT2D eigenvalue weighted by molar-refractivity contribution is 9.09. The van der Waals surface area contributed by atoms with E-state index in [-0.39, 0.29) is 48.4 Å². The van der Waals surface area contributed by atoms with Gasteiger partial charge in [0.1, 0.15) is 17.3 Å². The Morgan fingerprint density at radius 1 is 1.40 bits per heavy atom. The molecule has 0 aromatic heterocycles. The fourth-order valence-corrected chi connectivity index (χ4v) is 2.19. The number of alkyl halides is 1. The molecule has 0 saturated heterocycles. The minimum absolute atomic E-state index is 0.0158. The Hall–Kier alpha value is -0.770. The molecule has 1 aliphatic rings. The number of halogens is 1. The summed E-state index contributed by atoms with van der Waals surface area (Å²) in [4.78, 5) is 34.8. The summed E-state index contributed by atoms with van der Waals surface area (Å²) in [6.45, 7) is 3.54. The van der Waals surface area contributed by atoms with Crippen molar-refractivity contribution >= 4 is 33.3 Å². The fourth-order valence-electron chi connectivity index (χ4n) is 1.99. The minimum atomic E-state index is -1.09. The number of rotatable bonds is 5. The van der Waals surface area contributed by atoms with E-state index in [0.717, 1.165) is 0 Å². The van der Waals surface area contributed by atoms with Gasteiger partial charge in [0.05, 0.1) is 10.7 Å². The lowest BCUT2D eigenvalue weighted by molar-refractivity contribution is -0.138. The topological polar surface area (TPSA) is 51.2 Å². The lowest BCUT2D eigenvalue weighted by Crippen LogP contribution is -2.35. The van der Waals surface area contributed by atoms with Gasteiger partial charge in [-0.25, -0.2) is 0 Å². The van der Waals surface area contributed by atoms with E-state index in [1.165, 1.54) is 0 Å². The van der Waals surface area contributed by atoms with Crippen molar-refractivity contribution in [2.24, 2.45) is 5.41 Å². The molecule has 1 fully saturated rings. The molecule has 0 aromatic rings. The summed E-state index contributed by atoms with van der Waals surface area (Å²) < 4.78 is 0. The molecule has 3 nitrogen and oxygen atoms in total. The standard InChI is InChI=1S/C11H13BrO3/c1-2-5-11(6-8(13)7-12)9(14)3-4-10(11)15/h2H,1,3-7H2. The first-order chi connectivity index (χ1) is 7.06. The molecule has 0 heterocycles. The Kier molecular flexibility index (Phi) is 3.97. The van der Waals surface area contributed by atoms with Crippen LogP contribution in [0.25, 0.3) is 0 Å². The number of Topliss-reactive ketones (excluding diaryl/α,β-unsaturated/α-hetero) is 3. The van der Waals surface area contributed by atoms with Crippen molar-refractivity contribution in [3.63, 3.8) is 0 Å². The monoisotopic (exact) mass is 272 g/mol. The second-order valence-corrected chi connectivity index (χ2v) is 4.33. The molecule has 1 saturated carbocycles. The third-order valence-corrected chi connectivity index (χ3v) is 3.41. The van der Waals surface area contributed by atoms with E-state index in [4.69, 9.17) is 0 Å². The van der Waals surface area contributed by atoms with Crippen LogP contribution in [-0.4, -0.2) is 22.7 Å². The second kappa shape index (κ2) is 4.84. The molecule has 0 aliphatic heterocycles. The lowest BCUT2D eigenvalue weighted by atomic mass is 9.77. The Morgan fingerprint density at radius 3 is 2.33 bits per heavy atom. The molecule has 0 atom stereocenters. The van der Waals surface area contributed by atoms with Crippen molar-refractivity contribution < 1.29 is 14.4 Å². The van der Waals surface area contributed by atoms with Gasteiger partial charge in [0.2, 0.25) is 0 Å². The van der Waals surface area contributed by atoms with Gasteiger partial charge in [-0.2, -0.15) is 0 Å². The van der Waals surface area contributed by atoms with Gasteiger partial charge in [0.25, 0.3) is 0 Å². The fraction of sp³-hybridized carbons (Fsp3) is 0.545. The van der Waals surface area contributed by atoms with Crippen LogP contribution in [0, 0.1) is 5.41 Å². The zero-order valence-electron chi connectivity index (χ0n) is 8.42. The molecule has 0 bridgehead atoms. The predicted octanol–water partition coefficient (Wildman–Crippen LogP) is 1.84. The number of ketones is 3. The Bertz CT molecular complexity index is 304. The molecule has 4 heteroatoms. The van der Waals surface area contributed by atoms with Crippen LogP contribution < -0.4 is 0 Å². The van der Waals surface area contributed by atoms with Gasteiger partial charge in [0, 0.05) is 19.3 Å². The molecular formula is C11H13BrO3. The van der Waals surface area contributed by atoms with Gasteiger partial charge in [-0.1, -0.05) is 22.0 Å². The number of hydrogen-bond donors (Lipinski definition) is 0. The Labute approximate surface area is 97.0 Å². The quantitative estimate of drug-likeness (QED) is 0.436. The van der Waals surface area contributed by atoms with E-state index >= 15 is 0 Å². The molecule has 0 unspecified atom stereocenters. The maximum atomic E-state index is 11.7. The molecule has 1 rings (SSSR count). The van der Waals surface area contributed by atoms with E-state index in [1.807, 2.05) is 0 Å². The summed E-state index contributed by atoms with van der Waals surface area (Å²) in [5, 5.41) is 0.187. The molecule has 15 heavy (non-hydrogen) atoms. The van der Waals surface area contributed by atoms with Gasteiger partial charge in [-0.05, 0) is 6.42 Å². The van der Waals surface area contributed by atoms with Gasteiger partial charge < -0.3 is 0 Å². The molecule has 82 valence electrons. The van der Waals surface area contributed by atoms with Crippen LogP contribution in [0.2, 0.25) is 0 Å². The average molecular weight is 273 g/mol. The summed E-state index contributed by atoms with van der Waals surface area (Å²) in [6.07, 6.45) is 2.37. The lowest BCUT2D eigenvalue weighted by Gasteiger charge is -2.22. The highest BCUT2D eigenvalue weighted by Crippen LogP contribution is 2.38. The first kappa shape index (κ1) is 12.3. The van der Waals surface area contributed by atoms with Crippen LogP contribution in [-0.2, 0) is 14.4 Å². The largest absolute Gasteiger partial charge is 0.299 e. The van der Waals surface area contributed by atoms with Gasteiger partial charge in [-0.15, -0.1) is 6.58 Å². The average Bonchev–Trinajstić information content (AvgIpc) is 2.47. The van der Waals surface area contributed by atoms with Crippen molar-refractivity contribution in [2.45, 2.75) is 25.7 Å². The van der Waals surface area contributed by atoms with Crippen LogP contribution in [0.15, 0.2) is 12.7 Å². The first-order valence-electron chi connectivity index (χ1n) is 4.82. The van der Waals surface area contributed by atoms with Crippen molar-refractivity contribution in [2.75, 3.05) is 5.33 Å².